The smallest absolute Gasteiger partial charge is 0.314 e. The molecule has 0 aliphatic carbocycles. The van der Waals surface area contributed by atoms with E-state index in [1.54, 1.807) is 0 Å². The van der Waals surface area contributed by atoms with E-state index in [1.165, 1.54) is 6.21 Å². The fourth-order valence-electron chi connectivity index (χ4n) is 1.67. The maximum Gasteiger partial charge on any atom is 0.314 e. The molecule has 0 saturated heterocycles. The highest BCUT2D eigenvalue weighted by molar-refractivity contribution is 5.89. The number of nitrogens with zero attached hydrogens (tertiary/aromatic N) is 1. The Balaban J connectivity index is 2.55. The largest absolute Gasteiger partial charge is 0.462 e. The summed E-state index contributed by atoms with van der Waals surface area (Å²) in [7, 11) is 0. The van der Waals surface area contributed by atoms with Gasteiger partial charge in [0.2, 0.25) is 0 Å². The zero-order valence-electron chi connectivity index (χ0n) is 11.5. The fourth-order valence-corrected chi connectivity index (χ4v) is 1.67. The van der Waals surface area contributed by atoms with Crippen molar-refractivity contribution in [2.45, 2.75) is 39.2 Å². The van der Waals surface area contributed by atoms with Gasteiger partial charge in [-0.15, -0.1) is 5.16 Å². The molecule has 0 aromatic heterocycles. The Morgan fingerprint density at radius 1 is 1.42 bits per heavy atom. The quantitative estimate of drug-likeness (QED) is 0.356. The van der Waals surface area contributed by atoms with E-state index in [0.717, 1.165) is 18.4 Å². The summed E-state index contributed by atoms with van der Waals surface area (Å²) in [6, 6.07) is 9.89. The average molecular weight is 263 g/mol. The molecule has 2 atom stereocenters. The van der Waals surface area contributed by atoms with Gasteiger partial charge in [-0.25, -0.2) is 0 Å². The summed E-state index contributed by atoms with van der Waals surface area (Å²) in [6.07, 6.45) is 3.22. The zero-order chi connectivity index (χ0) is 14.1. The van der Waals surface area contributed by atoms with Crippen LogP contribution in [0.1, 0.15) is 32.3 Å². The lowest BCUT2D eigenvalue weighted by molar-refractivity contribution is -0.150. The lowest BCUT2D eigenvalue weighted by Crippen LogP contribution is -2.24. The molecule has 4 heteroatoms. The van der Waals surface area contributed by atoms with E-state index in [-0.39, 0.29) is 12.1 Å². The molecule has 0 spiro atoms. The molecule has 1 rings (SSSR count). The van der Waals surface area contributed by atoms with Gasteiger partial charge in [-0.1, -0.05) is 37.3 Å². The number of carbonyl (C=O) groups is 1. The molecule has 0 radical (unpaired) electrons. The molecular formula is C15H21NO3. The molecule has 4 nitrogen and oxygen atoms in total. The van der Waals surface area contributed by atoms with E-state index in [2.05, 4.69) is 5.16 Å². The topological polar surface area (TPSA) is 58.9 Å². The van der Waals surface area contributed by atoms with Gasteiger partial charge in [-0.3, -0.25) is 4.79 Å². The van der Waals surface area contributed by atoms with Crippen molar-refractivity contribution < 1.29 is 14.7 Å². The third kappa shape index (κ3) is 5.55. The van der Waals surface area contributed by atoms with Crippen LogP contribution in [0.15, 0.2) is 35.5 Å². The minimum atomic E-state index is -0.501. The Morgan fingerprint density at radius 3 is 2.68 bits per heavy atom. The van der Waals surface area contributed by atoms with Crippen LogP contribution < -0.4 is 0 Å². The molecule has 0 heterocycles. The molecule has 0 saturated carbocycles. The Bertz CT molecular complexity index is 403. The molecule has 19 heavy (non-hydrogen) atoms. The van der Waals surface area contributed by atoms with Crippen LogP contribution in [0.2, 0.25) is 0 Å². The van der Waals surface area contributed by atoms with Crippen LogP contribution in [-0.4, -0.2) is 23.5 Å². The standard InChI is InChI=1S/C15H21NO3/c1-3-12(2)19-15(17)14(11-16-18)10-9-13-7-5-4-6-8-13/h4-8,11-12,14,18H,3,9-10H2,1-2H3/b16-11-. The summed E-state index contributed by atoms with van der Waals surface area (Å²) in [6.45, 7) is 3.80. The maximum absolute atomic E-state index is 11.9. The first-order valence-electron chi connectivity index (χ1n) is 6.59. The molecule has 1 aromatic carbocycles. The second-order valence-electron chi connectivity index (χ2n) is 4.55. The van der Waals surface area contributed by atoms with E-state index in [4.69, 9.17) is 9.94 Å². The van der Waals surface area contributed by atoms with E-state index >= 15 is 0 Å². The summed E-state index contributed by atoms with van der Waals surface area (Å²) in [5.41, 5.74) is 1.15. The number of ether oxygens (including phenoxy) is 1. The lowest BCUT2D eigenvalue weighted by atomic mass is 10.0. The molecule has 1 N–H and O–H groups in total. The normalized spacial score (nSPS) is 14.2. The first kappa shape index (κ1) is 15.2. The van der Waals surface area contributed by atoms with Gasteiger partial charge >= 0.3 is 5.97 Å². The second kappa shape index (κ2) is 8.29. The molecule has 0 amide bonds. The van der Waals surface area contributed by atoms with Crippen LogP contribution in [0.5, 0.6) is 0 Å². The highest BCUT2D eigenvalue weighted by Crippen LogP contribution is 2.12. The van der Waals surface area contributed by atoms with Gasteiger partial charge < -0.3 is 9.94 Å². The number of esters is 1. The van der Waals surface area contributed by atoms with Crippen LogP contribution in [-0.2, 0) is 16.0 Å². The highest BCUT2D eigenvalue weighted by Gasteiger charge is 2.20. The van der Waals surface area contributed by atoms with Crippen molar-refractivity contribution >= 4 is 12.2 Å². The SMILES string of the molecule is CCC(C)OC(=O)C(/C=N\O)CCc1ccccc1. The number of oxime groups is 1. The summed E-state index contributed by atoms with van der Waals surface area (Å²) in [4.78, 5) is 11.9. The Kier molecular flexibility index (Phi) is 6.64. The van der Waals surface area contributed by atoms with Crippen molar-refractivity contribution in [1.82, 2.24) is 0 Å². The number of hydrogen-bond acceptors (Lipinski definition) is 4. The highest BCUT2D eigenvalue weighted by atomic mass is 16.5. The third-order valence-corrected chi connectivity index (χ3v) is 3.03. The third-order valence-electron chi connectivity index (χ3n) is 3.03. The van der Waals surface area contributed by atoms with Crippen LogP contribution >= 0.6 is 0 Å². The second-order valence-corrected chi connectivity index (χ2v) is 4.55. The number of carbonyl (C=O) groups excluding carboxylic acids is 1. The van der Waals surface area contributed by atoms with Crippen LogP contribution in [0.4, 0.5) is 0 Å². The number of benzene rings is 1. The molecule has 2 unspecified atom stereocenters. The monoisotopic (exact) mass is 263 g/mol. The Hall–Kier alpha value is -1.84. The van der Waals surface area contributed by atoms with Crippen molar-refractivity contribution in [3.05, 3.63) is 35.9 Å². The fraction of sp³-hybridized carbons (Fsp3) is 0.467. The van der Waals surface area contributed by atoms with E-state index in [0.29, 0.717) is 6.42 Å². The maximum atomic E-state index is 11.9. The van der Waals surface area contributed by atoms with Gasteiger partial charge in [-0.05, 0) is 31.7 Å². The van der Waals surface area contributed by atoms with Gasteiger partial charge in [-0.2, -0.15) is 0 Å². The van der Waals surface area contributed by atoms with E-state index in [1.807, 2.05) is 44.2 Å². The Labute approximate surface area is 114 Å². The minimum Gasteiger partial charge on any atom is -0.462 e. The van der Waals surface area contributed by atoms with E-state index in [9.17, 15) is 4.79 Å². The summed E-state index contributed by atoms with van der Waals surface area (Å²) < 4.78 is 5.26. The molecule has 0 bridgehead atoms. The number of rotatable bonds is 7. The zero-order valence-corrected chi connectivity index (χ0v) is 11.5. The first-order valence-corrected chi connectivity index (χ1v) is 6.59. The molecule has 0 aliphatic heterocycles. The molecular weight excluding hydrogens is 242 g/mol. The molecule has 0 fully saturated rings. The lowest BCUT2D eigenvalue weighted by Gasteiger charge is -2.15. The Morgan fingerprint density at radius 2 is 2.11 bits per heavy atom. The summed E-state index contributed by atoms with van der Waals surface area (Å²) in [5, 5.41) is 11.6. The number of hydrogen-bond donors (Lipinski definition) is 1. The van der Waals surface area contributed by atoms with Crippen molar-refractivity contribution in [1.29, 1.82) is 0 Å². The van der Waals surface area contributed by atoms with Gasteiger partial charge in [0, 0.05) is 0 Å². The summed E-state index contributed by atoms with van der Waals surface area (Å²) in [5.74, 6) is -0.831. The van der Waals surface area contributed by atoms with E-state index < -0.39 is 5.92 Å². The first-order chi connectivity index (χ1) is 9.17. The van der Waals surface area contributed by atoms with Crippen molar-refractivity contribution in [2.24, 2.45) is 11.1 Å². The van der Waals surface area contributed by atoms with Crippen LogP contribution in [0.3, 0.4) is 0 Å². The predicted molar refractivity (Wildman–Crippen MR) is 74.4 cm³/mol. The molecule has 0 aliphatic rings. The number of aryl methyl sites for hydroxylation is 1. The van der Waals surface area contributed by atoms with Crippen molar-refractivity contribution in [3.8, 4) is 0 Å². The van der Waals surface area contributed by atoms with Gasteiger partial charge in [0.15, 0.2) is 0 Å². The molecule has 1 aromatic rings. The predicted octanol–water partition coefficient (Wildman–Crippen LogP) is 3.04. The van der Waals surface area contributed by atoms with Crippen molar-refractivity contribution in [2.75, 3.05) is 0 Å². The van der Waals surface area contributed by atoms with Gasteiger partial charge in [0.25, 0.3) is 0 Å². The van der Waals surface area contributed by atoms with Gasteiger partial charge in [0.05, 0.1) is 18.2 Å². The summed E-state index contributed by atoms with van der Waals surface area (Å²) >= 11 is 0. The minimum absolute atomic E-state index is 0.112. The van der Waals surface area contributed by atoms with Crippen molar-refractivity contribution in [3.63, 3.8) is 0 Å². The molecule has 104 valence electrons. The average Bonchev–Trinajstić information content (AvgIpc) is 2.44. The van der Waals surface area contributed by atoms with Crippen LogP contribution in [0.25, 0.3) is 0 Å². The van der Waals surface area contributed by atoms with Gasteiger partial charge in [0.1, 0.15) is 0 Å². The van der Waals surface area contributed by atoms with Crippen LogP contribution in [0, 0.1) is 5.92 Å².